The molecule has 0 aromatic heterocycles. The van der Waals surface area contributed by atoms with E-state index >= 15 is 0 Å². The fraction of sp³-hybridized carbons (Fsp3) is 0.447. The normalized spacial score (nSPS) is 16.0. The number of rotatable bonds is 18. The van der Waals surface area contributed by atoms with E-state index in [1.807, 2.05) is 36.6 Å². The van der Waals surface area contributed by atoms with Crippen molar-refractivity contribution in [3.05, 3.63) is 78.4 Å². The third-order valence-electron chi connectivity index (χ3n) is 9.32. The van der Waals surface area contributed by atoms with Gasteiger partial charge >= 0.3 is 5.97 Å². The highest BCUT2D eigenvalue weighted by molar-refractivity contribution is 7.98. The molecule has 3 aromatic carbocycles. The number of nitrogens with zero attached hydrogens (tertiary/aromatic N) is 1. The van der Waals surface area contributed by atoms with Gasteiger partial charge in [0.25, 0.3) is 5.91 Å². The maximum Gasteiger partial charge on any atom is 0.327 e. The summed E-state index contributed by atoms with van der Waals surface area (Å²) >= 11 is 1.31. The van der Waals surface area contributed by atoms with E-state index < -0.39 is 67.0 Å². The molecular weight excluding hydrogens is 739 g/mol. The molecular formula is C38H49N3O9S3. The molecule has 0 bridgehead atoms. The van der Waals surface area contributed by atoms with Gasteiger partial charge in [0.2, 0.25) is 5.91 Å². The number of anilines is 2. The van der Waals surface area contributed by atoms with Crippen LogP contribution in [0.2, 0.25) is 0 Å². The summed E-state index contributed by atoms with van der Waals surface area (Å²) in [6.45, 7) is 4.72. The third kappa shape index (κ3) is 11.2. The number of hydroxylamine groups is 1. The first-order valence-corrected chi connectivity index (χ1v) is 22.5. The summed E-state index contributed by atoms with van der Waals surface area (Å²) in [6, 6.07) is 19.4. The number of hydrogen-bond donors (Lipinski definition) is 3. The summed E-state index contributed by atoms with van der Waals surface area (Å²) in [5.74, 6) is -5.11. The second kappa shape index (κ2) is 18.3. The standard InChI is InChI=1S/C38H49N3O9S3/c1-5-7-19-38(20-8-6-2)25-41(28-17-13-10-14-18-28)31-22-33(51-3)32(23-34(31)53(48,49)26-38)50-40-35(42)21-29(27-15-11-9-12-16-27)36(43)39-30(37(44)45)24-52(4,46)47/h9-18,22-23,29-30H,5-8,19-21,24-26H2,1-4H3,(H,39,43)(H,40,42)(H,44,45). The average Bonchev–Trinajstić information content (AvgIpc) is 3.21. The molecule has 53 heavy (non-hydrogen) atoms. The Kier molecular flexibility index (Phi) is 14.4. The van der Waals surface area contributed by atoms with E-state index in [0.717, 1.165) is 50.5 Å². The number of carboxylic acids is 1. The summed E-state index contributed by atoms with van der Waals surface area (Å²) in [4.78, 5) is 47.1. The lowest BCUT2D eigenvalue weighted by Gasteiger charge is -2.37. The number of carbonyl (C=O) groups is 3. The fourth-order valence-electron chi connectivity index (χ4n) is 6.68. The molecule has 0 radical (unpaired) electrons. The van der Waals surface area contributed by atoms with Crippen molar-refractivity contribution in [3.63, 3.8) is 0 Å². The molecule has 1 aliphatic rings. The minimum absolute atomic E-state index is 0.0364. The van der Waals surface area contributed by atoms with Crippen molar-refractivity contribution in [2.75, 3.05) is 35.5 Å². The minimum atomic E-state index is -3.86. The Morgan fingerprint density at radius 2 is 1.58 bits per heavy atom. The molecule has 2 unspecified atom stereocenters. The summed E-state index contributed by atoms with van der Waals surface area (Å²) in [5.41, 5.74) is 3.64. The van der Waals surface area contributed by atoms with E-state index in [2.05, 4.69) is 29.5 Å². The lowest BCUT2D eigenvalue weighted by molar-refractivity contribution is -0.141. The molecule has 0 spiro atoms. The number of carbonyl (C=O) groups excluding carboxylic acids is 2. The van der Waals surface area contributed by atoms with Gasteiger partial charge in [0, 0.05) is 36.4 Å². The van der Waals surface area contributed by atoms with Crippen LogP contribution in [0.25, 0.3) is 0 Å². The van der Waals surface area contributed by atoms with Crippen LogP contribution in [-0.2, 0) is 34.1 Å². The van der Waals surface area contributed by atoms with E-state index in [4.69, 9.17) is 4.84 Å². The molecule has 1 heterocycles. The summed E-state index contributed by atoms with van der Waals surface area (Å²) in [7, 11) is -7.63. The van der Waals surface area contributed by atoms with E-state index in [9.17, 15) is 36.3 Å². The first-order valence-electron chi connectivity index (χ1n) is 17.6. The van der Waals surface area contributed by atoms with Crippen LogP contribution >= 0.6 is 11.8 Å². The Morgan fingerprint density at radius 3 is 2.13 bits per heavy atom. The second-order valence-corrected chi connectivity index (χ2v) is 18.6. The second-order valence-electron chi connectivity index (χ2n) is 13.6. The van der Waals surface area contributed by atoms with Crippen molar-refractivity contribution in [1.82, 2.24) is 10.8 Å². The van der Waals surface area contributed by atoms with Gasteiger partial charge in [0.05, 0.1) is 32.9 Å². The zero-order valence-corrected chi connectivity index (χ0v) is 33.0. The number of nitrogens with one attached hydrogen (secondary N) is 2. The number of thioether (sulfide) groups is 1. The van der Waals surface area contributed by atoms with Crippen molar-refractivity contribution in [1.29, 1.82) is 0 Å². The van der Waals surface area contributed by atoms with Crippen molar-refractivity contribution < 1.29 is 41.2 Å². The van der Waals surface area contributed by atoms with Gasteiger partial charge in [-0.25, -0.2) is 21.6 Å². The molecule has 0 aliphatic carbocycles. The van der Waals surface area contributed by atoms with Gasteiger partial charge in [-0.05, 0) is 42.9 Å². The van der Waals surface area contributed by atoms with Gasteiger partial charge in [-0.1, -0.05) is 88.1 Å². The number of para-hydroxylation sites is 1. The van der Waals surface area contributed by atoms with Crippen molar-refractivity contribution in [2.45, 2.75) is 80.5 Å². The monoisotopic (exact) mass is 787 g/mol. The average molecular weight is 788 g/mol. The highest BCUT2D eigenvalue weighted by Crippen LogP contribution is 2.47. The topological polar surface area (TPSA) is 176 Å². The first kappa shape index (κ1) is 41.7. The Bertz CT molecular complexity index is 1950. The van der Waals surface area contributed by atoms with Gasteiger partial charge in [-0.2, -0.15) is 5.48 Å². The molecule has 3 aromatic rings. The maximum absolute atomic E-state index is 14.4. The van der Waals surface area contributed by atoms with Crippen LogP contribution in [0.3, 0.4) is 0 Å². The number of aliphatic carboxylic acids is 1. The summed E-state index contributed by atoms with van der Waals surface area (Å²) in [5, 5.41) is 11.8. The Balaban J connectivity index is 1.67. The van der Waals surface area contributed by atoms with Gasteiger partial charge in [0.15, 0.2) is 15.6 Å². The minimum Gasteiger partial charge on any atom is -0.480 e. The Labute approximate surface area is 316 Å². The summed E-state index contributed by atoms with van der Waals surface area (Å²) < 4.78 is 52.5. The van der Waals surface area contributed by atoms with Crippen LogP contribution in [-0.4, -0.2) is 76.3 Å². The number of benzene rings is 3. The summed E-state index contributed by atoms with van der Waals surface area (Å²) in [6.07, 6.45) is 7.36. The smallest absolute Gasteiger partial charge is 0.327 e. The van der Waals surface area contributed by atoms with Crippen LogP contribution in [0.1, 0.15) is 70.3 Å². The molecule has 4 rings (SSSR count). The number of fused-ring (bicyclic) bond motifs is 1. The Morgan fingerprint density at radius 1 is 0.981 bits per heavy atom. The molecule has 0 fully saturated rings. The molecule has 12 nitrogen and oxygen atoms in total. The number of hydrogen-bond acceptors (Lipinski definition) is 10. The highest BCUT2D eigenvalue weighted by Gasteiger charge is 2.42. The highest BCUT2D eigenvalue weighted by atomic mass is 32.2. The van der Waals surface area contributed by atoms with Gasteiger partial charge in [-0.15, -0.1) is 11.8 Å². The Hall–Kier alpha value is -4.08. The first-order chi connectivity index (χ1) is 25.1. The van der Waals surface area contributed by atoms with Crippen LogP contribution < -0.4 is 20.5 Å². The molecule has 3 N–H and O–H groups in total. The SMILES string of the molecule is CCCCC1(CCCC)CN(c2ccccc2)c2cc(SC)c(ONC(=O)CC(C(=O)NC(CS(C)(=O)=O)C(=O)O)c3ccccc3)cc2S(=O)(=O)C1. The van der Waals surface area contributed by atoms with E-state index in [1.54, 1.807) is 36.4 Å². The number of amides is 2. The van der Waals surface area contributed by atoms with Crippen molar-refractivity contribution in [2.24, 2.45) is 5.41 Å². The molecule has 2 amide bonds. The zero-order valence-electron chi connectivity index (χ0n) is 30.5. The van der Waals surface area contributed by atoms with Crippen LogP contribution in [0.5, 0.6) is 5.75 Å². The molecule has 288 valence electrons. The maximum atomic E-state index is 14.4. The predicted molar refractivity (Wildman–Crippen MR) is 207 cm³/mol. The lowest BCUT2D eigenvalue weighted by atomic mass is 9.79. The molecule has 0 saturated heterocycles. The van der Waals surface area contributed by atoms with Crippen LogP contribution in [0.4, 0.5) is 11.4 Å². The molecule has 0 saturated carbocycles. The van der Waals surface area contributed by atoms with Crippen LogP contribution in [0, 0.1) is 5.41 Å². The number of unbranched alkanes of at least 4 members (excludes halogenated alkanes) is 2. The fourth-order valence-corrected chi connectivity index (χ4v) is 10.2. The number of sulfone groups is 2. The third-order valence-corrected chi connectivity index (χ3v) is 13.0. The lowest BCUT2D eigenvalue weighted by Crippen LogP contribution is -2.47. The molecule has 2 atom stereocenters. The van der Waals surface area contributed by atoms with E-state index in [0.29, 0.717) is 22.7 Å². The van der Waals surface area contributed by atoms with Crippen LogP contribution in [0.15, 0.2) is 82.6 Å². The zero-order chi connectivity index (χ0) is 38.8. The molecule has 15 heteroatoms. The van der Waals surface area contributed by atoms with E-state index in [-0.39, 0.29) is 16.4 Å². The quantitative estimate of drug-likeness (QED) is 0.103. The van der Waals surface area contributed by atoms with Crippen molar-refractivity contribution >= 4 is 60.6 Å². The van der Waals surface area contributed by atoms with E-state index in [1.165, 1.54) is 17.8 Å². The van der Waals surface area contributed by atoms with Gasteiger partial charge < -0.3 is 20.2 Å². The number of carboxylic acid groups (broad SMARTS) is 1. The van der Waals surface area contributed by atoms with Crippen molar-refractivity contribution in [3.8, 4) is 5.75 Å². The van der Waals surface area contributed by atoms with Gasteiger partial charge in [-0.3, -0.25) is 9.59 Å². The molecule has 1 aliphatic heterocycles. The van der Waals surface area contributed by atoms with Gasteiger partial charge in [0.1, 0.15) is 15.9 Å². The predicted octanol–water partition coefficient (Wildman–Crippen LogP) is 5.90. The largest absolute Gasteiger partial charge is 0.480 e.